The molecule has 13 aromatic rings. The van der Waals surface area contributed by atoms with E-state index in [4.69, 9.17) is 19.4 Å². The van der Waals surface area contributed by atoms with Gasteiger partial charge in [0.15, 0.2) is 17.5 Å². The fourth-order valence-electron chi connectivity index (χ4n) is 9.32. The van der Waals surface area contributed by atoms with Gasteiger partial charge in [-0.2, -0.15) is 0 Å². The second-order valence-corrected chi connectivity index (χ2v) is 17.0. The first-order valence-corrected chi connectivity index (χ1v) is 21.9. The van der Waals surface area contributed by atoms with E-state index in [0.717, 1.165) is 66.4 Å². The van der Waals surface area contributed by atoms with E-state index in [9.17, 15) is 0 Å². The largest absolute Gasteiger partial charge is 0.455 e. The van der Waals surface area contributed by atoms with E-state index >= 15 is 0 Å². The van der Waals surface area contributed by atoms with Crippen LogP contribution in [0.1, 0.15) is 0 Å². The van der Waals surface area contributed by atoms with Gasteiger partial charge in [-0.1, -0.05) is 152 Å². The lowest BCUT2D eigenvalue weighted by Gasteiger charge is -2.13. The van der Waals surface area contributed by atoms with Gasteiger partial charge in [-0.15, -0.1) is 11.3 Å². The summed E-state index contributed by atoms with van der Waals surface area (Å²) in [7, 11) is 0. The normalized spacial score (nSPS) is 11.8. The van der Waals surface area contributed by atoms with Gasteiger partial charge in [-0.25, -0.2) is 15.0 Å². The first kappa shape index (κ1) is 35.6. The number of para-hydroxylation sites is 3. The van der Waals surface area contributed by atoms with E-state index in [1.54, 1.807) is 0 Å². The zero-order valence-corrected chi connectivity index (χ0v) is 34.6. The first-order valence-electron chi connectivity index (χ1n) is 21.1. The zero-order chi connectivity index (χ0) is 41.4. The highest BCUT2D eigenvalue weighted by atomic mass is 32.1. The lowest BCUT2D eigenvalue weighted by molar-refractivity contribution is 0.673. The standard InChI is InChI=1S/C57H34N4OS/c1-3-15-35(16-4-1)55-58-56(36-17-5-2-6-18-36)60-57(59-55)40-22-14-20-38(32-40)37-19-13-21-39(31-37)46-33-41(61-48-26-10-7-23-42(48)43-24-8-11-27-49(43)61)34-47-52-51(63-54(46)47)30-29-45-44-25-9-12-28-50(44)62-53(45)52/h1-34H. The number of fused-ring (bicyclic) bond motifs is 10. The summed E-state index contributed by atoms with van der Waals surface area (Å²) in [5, 5.41) is 7.06. The molecular weight excluding hydrogens is 789 g/mol. The highest BCUT2D eigenvalue weighted by Crippen LogP contribution is 2.47. The van der Waals surface area contributed by atoms with Crippen molar-refractivity contribution in [1.29, 1.82) is 0 Å². The molecule has 4 aromatic heterocycles. The predicted octanol–water partition coefficient (Wildman–Crippen LogP) is 15.6. The highest BCUT2D eigenvalue weighted by molar-refractivity contribution is 7.26. The van der Waals surface area contributed by atoms with Crippen molar-refractivity contribution in [3.05, 3.63) is 206 Å². The summed E-state index contributed by atoms with van der Waals surface area (Å²) in [6, 6.07) is 72.7. The molecule has 63 heavy (non-hydrogen) atoms. The average Bonchev–Trinajstić information content (AvgIpc) is 4.04. The molecule has 0 aliphatic heterocycles. The molecule has 0 unspecified atom stereocenters. The van der Waals surface area contributed by atoms with Gasteiger partial charge in [0.2, 0.25) is 0 Å². The van der Waals surface area contributed by atoms with Crippen LogP contribution in [0.3, 0.4) is 0 Å². The molecule has 0 aliphatic carbocycles. The lowest BCUT2D eigenvalue weighted by atomic mass is 9.96. The van der Waals surface area contributed by atoms with Crippen molar-refractivity contribution in [3.8, 4) is 62.1 Å². The molecule has 0 saturated heterocycles. The minimum Gasteiger partial charge on any atom is -0.455 e. The van der Waals surface area contributed by atoms with Crippen molar-refractivity contribution in [2.24, 2.45) is 0 Å². The number of hydrogen-bond donors (Lipinski definition) is 0. The molecule has 6 heteroatoms. The second-order valence-electron chi connectivity index (χ2n) is 16.0. The van der Waals surface area contributed by atoms with Gasteiger partial charge in [-0.3, -0.25) is 0 Å². The summed E-state index contributed by atoms with van der Waals surface area (Å²) in [5.74, 6) is 1.91. The number of aromatic nitrogens is 4. The number of rotatable bonds is 6. The molecule has 0 radical (unpaired) electrons. The van der Waals surface area contributed by atoms with E-state index in [0.29, 0.717) is 17.5 Å². The van der Waals surface area contributed by atoms with Crippen LogP contribution in [-0.4, -0.2) is 19.5 Å². The molecule has 0 fully saturated rings. The third-order valence-corrected chi connectivity index (χ3v) is 13.4. The van der Waals surface area contributed by atoms with E-state index < -0.39 is 0 Å². The molecule has 4 heterocycles. The number of thiophene rings is 1. The van der Waals surface area contributed by atoms with Gasteiger partial charge in [0.25, 0.3) is 0 Å². The topological polar surface area (TPSA) is 56.7 Å². The molecule has 294 valence electrons. The van der Waals surface area contributed by atoms with Crippen LogP contribution in [0.5, 0.6) is 0 Å². The zero-order valence-electron chi connectivity index (χ0n) is 33.7. The van der Waals surface area contributed by atoms with Crippen LogP contribution in [0.2, 0.25) is 0 Å². The summed E-state index contributed by atoms with van der Waals surface area (Å²) in [6.07, 6.45) is 0. The van der Waals surface area contributed by atoms with Crippen LogP contribution in [-0.2, 0) is 0 Å². The Kier molecular flexibility index (Phi) is 8.01. The van der Waals surface area contributed by atoms with Crippen LogP contribution in [0.4, 0.5) is 0 Å². The van der Waals surface area contributed by atoms with Gasteiger partial charge >= 0.3 is 0 Å². The quantitative estimate of drug-likeness (QED) is 0.168. The summed E-state index contributed by atoms with van der Waals surface area (Å²) in [4.78, 5) is 15.0. The molecule has 0 bridgehead atoms. The summed E-state index contributed by atoms with van der Waals surface area (Å²) >= 11 is 1.83. The van der Waals surface area contributed by atoms with Crippen molar-refractivity contribution in [3.63, 3.8) is 0 Å². The van der Waals surface area contributed by atoms with Crippen LogP contribution in [0.25, 0.3) is 126 Å². The smallest absolute Gasteiger partial charge is 0.164 e. The van der Waals surface area contributed by atoms with E-state index in [1.165, 1.54) is 42.2 Å². The molecule has 13 rings (SSSR count). The van der Waals surface area contributed by atoms with E-state index in [-0.39, 0.29) is 0 Å². The van der Waals surface area contributed by atoms with Gasteiger partial charge in [0.1, 0.15) is 11.2 Å². The summed E-state index contributed by atoms with van der Waals surface area (Å²) < 4.78 is 11.6. The Hall–Kier alpha value is -8.19. The number of nitrogens with zero attached hydrogens (tertiary/aromatic N) is 4. The number of hydrogen-bond acceptors (Lipinski definition) is 5. The Labute approximate surface area is 365 Å². The van der Waals surface area contributed by atoms with Gasteiger partial charge in [-0.05, 0) is 71.3 Å². The van der Waals surface area contributed by atoms with Gasteiger partial charge in [0.05, 0.1) is 11.0 Å². The van der Waals surface area contributed by atoms with Crippen molar-refractivity contribution in [1.82, 2.24) is 19.5 Å². The van der Waals surface area contributed by atoms with Crippen molar-refractivity contribution in [2.45, 2.75) is 0 Å². The molecule has 0 amide bonds. The molecule has 0 N–H and O–H groups in total. The average molecular weight is 823 g/mol. The van der Waals surface area contributed by atoms with Crippen molar-refractivity contribution in [2.75, 3.05) is 0 Å². The number of furan rings is 1. The van der Waals surface area contributed by atoms with Crippen molar-refractivity contribution < 1.29 is 4.42 Å². The van der Waals surface area contributed by atoms with E-state index in [1.807, 2.05) is 78.1 Å². The maximum absolute atomic E-state index is 6.72. The molecule has 5 nitrogen and oxygen atoms in total. The second kappa shape index (κ2) is 14.2. The monoisotopic (exact) mass is 822 g/mol. The Bertz CT molecular complexity index is 3810. The Morgan fingerprint density at radius 1 is 0.381 bits per heavy atom. The Balaban J connectivity index is 1.01. The van der Waals surface area contributed by atoms with Crippen LogP contribution >= 0.6 is 11.3 Å². The minimum atomic E-state index is 0.628. The molecule has 0 aliphatic rings. The van der Waals surface area contributed by atoms with Crippen LogP contribution < -0.4 is 0 Å². The van der Waals surface area contributed by atoms with Crippen LogP contribution in [0.15, 0.2) is 211 Å². The maximum Gasteiger partial charge on any atom is 0.164 e. The number of benzene rings is 9. The molecule has 0 saturated carbocycles. The van der Waals surface area contributed by atoms with Crippen molar-refractivity contribution >= 4 is 75.3 Å². The fourth-order valence-corrected chi connectivity index (χ4v) is 10.5. The van der Waals surface area contributed by atoms with Gasteiger partial charge in [0, 0.05) is 69.7 Å². The minimum absolute atomic E-state index is 0.628. The third kappa shape index (κ3) is 5.80. The predicted molar refractivity (Wildman–Crippen MR) is 262 cm³/mol. The molecule has 9 aromatic carbocycles. The Morgan fingerprint density at radius 3 is 1.57 bits per heavy atom. The highest BCUT2D eigenvalue weighted by Gasteiger charge is 2.21. The first-order chi connectivity index (χ1) is 31.2. The van der Waals surface area contributed by atoms with E-state index in [2.05, 4.69) is 144 Å². The molecular formula is C57H34N4OS. The van der Waals surface area contributed by atoms with Crippen LogP contribution in [0, 0.1) is 0 Å². The lowest BCUT2D eigenvalue weighted by Crippen LogP contribution is -2.00. The maximum atomic E-state index is 6.72. The van der Waals surface area contributed by atoms with Gasteiger partial charge < -0.3 is 8.98 Å². The Morgan fingerprint density at radius 2 is 0.905 bits per heavy atom. The fraction of sp³-hybridized carbons (Fsp3) is 0. The molecule has 0 spiro atoms. The SMILES string of the molecule is c1ccc(-c2nc(-c3ccccc3)nc(-c3cccc(-c4cccc(-c5cc(-n6c7ccccc7c7ccccc76)cc6c5sc5ccc7c8ccccc8oc7c56)c4)c3)n2)cc1. The summed E-state index contributed by atoms with van der Waals surface area (Å²) in [6.45, 7) is 0. The molecule has 0 atom stereocenters. The summed E-state index contributed by atoms with van der Waals surface area (Å²) in [5.41, 5.74) is 12.6. The third-order valence-electron chi connectivity index (χ3n) is 12.2.